The molecule has 0 fully saturated rings. The molecule has 0 bridgehead atoms. The van der Waals surface area contributed by atoms with E-state index in [1.165, 1.54) is 11.1 Å². The van der Waals surface area contributed by atoms with E-state index < -0.39 is 0 Å². The summed E-state index contributed by atoms with van der Waals surface area (Å²) in [6.45, 7) is 6.37. The van der Waals surface area contributed by atoms with Crippen molar-refractivity contribution in [3.05, 3.63) is 29.1 Å². The minimum atomic E-state index is 0.0661. The van der Waals surface area contributed by atoms with E-state index in [-0.39, 0.29) is 5.91 Å². The van der Waals surface area contributed by atoms with Crippen molar-refractivity contribution in [1.82, 2.24) is 19.8 Å². The second-order valence-corrected chi connectivity index (χ2v) is 6.12. The zero-order valence-electron chi connectivity index (χ0n) is 14.6. The van der Waals surface area contributed by atoms with Gasteiger partial charge in [0.15, 0.2) is 0 Å². The van der Waals surface area contributed by atoms with Gasteiger partial charge in [0.05, 0.1) is 30.7 Å². The number of aromatic nitrogens is 2. The lowest BCUT2D eigenvalue weighted by Crippen LogP contribution is -2.37. The lowest BCUT2D eigenvalue weighted by molar-refractivity contribution is -0.131. The van der Waals surface area contributed by atoms with Gasteiger partial charge in [-0.15, -0.1) is 0 Å². The second kappa shape index (κ2) is 7.57. The van der Waals surface area contributed by atoms with Crippen molar-refractivity contribution in [2.45, 2.75) is 20.4 Å². The molecule has 0 saturated heterocycles. The van der Waals surface area contributed by atoms with E-state index in [4.69, 9.17) is 4.74 Å². The predicted molar refractivity (Wildman–Crippen MR) is 91.4 cm³/mol. The number of methoxy groups -OCH3 is 1. The van der Waals surface area contributed by atoms with E-state index in [0.717, 1.165) is 23.4 Å². The van der Waals surface area contributed by atoms with Crippen molar-refractivity contribution in [3.8, 4) is 0 Å². The highest BCUT2D eigenvalue weighted by Crippen LogP contribution is 2.17. The van der Waals surface area contributed by atoms with Gasteiger partial charge in [-0.25, -0.2) is 4.98 Å². The monoisotopic (exact) mass is 318 g/mol. The Kier molecular flexibility index (Phi) is 5.74. The van der Waals surface area contributed by atoms with Gasteiger partial charge >= 0.3 is 0 Å². The molecule has 2 aromatic rings. The smallest absolute Gasteiger partial charge is 0.236 e. The first-order chi connectivity index (χ1) is 10.9. The van der Waals surface area contributed by atoms with Crippen LogP contribution in [0.5, 0.6) is 0 Å². The molecule has 23 heavy (non-hydrogen) atoms. The van der Waals surface area contributed by atoms with E-state index in [2.05, 4.69) is 35.9 Å². The number of hydrogen-bond acceptors (Lipinski definition) is 4. The lowest BCUT2D eigenvalue weighted by atomic mass is 10.1. The number of nitrogens with one attached hydrogen (secondary N) is 1. The fraction of sp³-hybridized carbons (Fsp3) is 0.529. The summed E-state index contributed by atoms with van der Waals surface area (Å²) in [5.74, 6) is 0.872. The molecule has 0 atom stereocenters. The van der Waals surface area contributed by atoms with Crippen LogP contribution in [0.1, 0.15) is 17.0 Å². The van der Waals surface area contributed by atoms with Gasteiger partial charge in [0.25, 0.3) is 0 Å². The standard InChI is InChI=1S/C17H26N4O2/c1-12-8-14-15(9-13(12)2)19-16(18-14)10-21(4)17(22)11-20(3)6-7-23-5/h8-9H,6-7,10-11H2,1-5H3,(H,18,19). The van der Waals surface area contributed by atoms with Crippen molar-refractivity contribution in [1.29, 1.82) is 0 Å². The molecule has 1 amide bonds. The van der Waals surface area contributed by atoms with Gasteiger partial charge in [-0.2, -0.15) is 0 Å². The number of likely N-dealkylation sites (N-methyl/N-ethyl adjacent to an activating group) is 2. The van der Waals surface area contributed by atoms with E-state index in [1.807, 2.05) is 11.9 Å². The number of ether oxygens (including phenoxy) is 1. The molecule has 126 valence electrons. The Morgan fingerprint density at radius 2 is 1.96 bits per heavy atom. The Balaban J connectivity index is 1.99. The SMILES string of the molecule is COCCN(C)CC(=O)N(C)Cc1nc2cc(C)c(C)cc2[nH]1. The summed E-state index contributed by atoms with van der Waals surface area (Å²) in [7, 11) is 5.38. The number of H-pyrrole nitrogens is 1. The fourth-order valence-corrected chi connectivity index (χ4v) is 2.39. The number of nitrogens with zero attached hydrogens (tertiary/aromatic N) is 3. The zero-order valence-corrected chi connectivity index (χ0v) is 14.6. The Bertz CT molecular complexity index is 642. The minimum Gasteiger partial charge on any atom is -0.383 e. The molecule has 6 nitrogen and oxygen atoms in total. The highest BCUT2D eigenvalue weighted by atomic mass is 16.5. The maximum atomic E-state index is 12.2. The van der Waals surface area contributed by atoms with Crippen LogP contribution < -0.4 is 0 Å². The molecule has 1 heterocycles. The third-order valence-corrected chi connectivity index (χ3v) is 4.04. The van der Waals surface area contributed by atoms with Crippen molar-refractivity contribution in [2.24, 2.45) is 0 Å². The summed E-state index contributed by atoms with van der Waals surface area (Å²) in [6, 6.07) is 4.17. The molecule has 0 aliphatic rings. The van der Waals surface area contributed by atoms with Crippen LogP contribution >= 0.6 is 0 Å². The maximum absolute atomic E-state index is 12.2. The quantitative estimate of drug-likeness (QED) is 0.844. The normalized spacial score (nSPS) is 11.4. The van der Waals surface area contributed by atoms with E-state index in [1.54, 1.807) is 19.1 Å². The second-order valence-electron chi connectivity index (χ2n) is 6.12. The van der Waals surface area contributed by atoms with Crippen LogP contribution in [-0.2, 0) is 16.1 Å². The summed E-state index contributed by atoms with van der Waals surface area (Å²) in [4.78, 5) is 23.8. The minimum absolute atomic E-state index is 0.0661. The third-order valence-electron chi connectivity index (χ3n) is 4.04. The number of aromatic amines is 1. The zero-order chi connectivity index (χ0) is 17.0. The highest BCUT2D eigenvalue weighted by Gasteiger charge is 2.14. The molecule has 1 aromatic heterocycles. The molecular formula is C17H26N4O2. The van der Waals surface area contributed by atoms with Crippen LogP contribution in [0.15, 0.2) is 12.1 Å². The van der Waals surface area contributed by atoms with Gasteiger partial charge < -0.3 is 14.6 Å². The largest absolute Gasteiger partial charge is 0.383 e. The first-order valence-corrected chi connectivity index (χ1v) is 7.78. The molecule has 2 rings (SSSR count). The van der Waals surface area contributed by atoms with Crippen molar-refractivity contribution < 1.29 is 9.53 Å². The summed E-state index contributed by atoms with van der Waals surface area (Å²) in [6.07, 6.45) is 0. The van der Waals surface area contributed by atoms with Crippen molar-refractivity contribution in [3.63, 3.8) is 0 Å². The first-order valence-electron chi connectivity index (χ1n) is 7.78. The van der Waals surface area contributed by atoms with Crippen LogP contribution in [0.3, 0.4) is 0 Å². The van der Waals surface area contributed by atoms with Gasteiger partial charge in [-0.1, -0.05) is 0 Å². The van der Waals surface area contributed by atoms with Crippen LogP contribution in [0.2, 0.25) is 0 Å². The fourth-order valence-electron chi connectivity index (χ4n) is 2.39. The molecule has 1 aromatic carbocycles. The van der Waals surface area contributed by atoms with Gasteiger partial charge in [0.1, 0.15) is 5.82 Å². The Hall–Kier alpha value is -1.92. The molecule has 0 aliphatic heterocycles. The third kappa shape index (κ3) is 4.53. The van der Waals surface area contributed by atoms with E-state index in [0.29, 0.717) is 19.7 Å². The number of rotatable bonds is 7. The number of hydrogen-bond donors (Lipinski definition) is 1. The van der Waals surface area contributed by atoms with Crippen LogP contribution in [0, 0.1) is 13.8 Å². The molecule has 0 spiro atoms. The Morgan fingerprint density at radius 1 is 1.26 bits per heavy atom. The Morgan fingerprint density at radius 3 is 2.65 bits per heavy atom. The number of carbonyl (C=O) groups is 1. The summed E-state index contributed by atoms with van der Waals surface area (Å²) in [5.41, 5.74) is 4.42. The van der Waals surface area contributed by atoms with E-state index >= 15 is 0 Å². The average molecular weight is 318 g/mol. The predicted octanol–water partition coefficient (Wildman–Crippen LogP) is 1.72. The highest BCUT2D eigenvalue weighted by molar-refractivity contribution is 5.79. The molecular weight excluding hydrogens is 292 g/mol. The number of carbonyl (C=O) groups excluding carboxylic acids is 1. The number of imidazole rings is 1. The van der Waals surface area contributed by atoms with Crippen LogP contribution in [0.4, 0.5) is 0 Å². The first kappa shape index (κ1) is 17.4. The topological polar surface area (TPSA) is 61.5 Å². The molecule has 1 N–H and O–H groups in total. The van der Waals surface area contributed by atoms with Crippen LogP contribution in [-0.4, -0.2) is 66.6 Å². The number of amides is 1. The molecule has 0 radical (unpaired) electrons. The maximum Gasteiger partial charge on any atom is 0.236 e. The molecule has 0 aliphatic carbocycles. The van der Waals surface area contributed by atoms with Crippen LogP contribution in [0.25, 0.3) is 11.0 Å². The van der Waals surface area contributed by atoms with Gasteiger partial charge in [0, 0.05) is 20.7 Å². The number of benzene rings is 1. The molecule has 0 saturated carbocycles. The number of fused-ring (bicyclic) bond motifs is 1. The van der Waals surface area contributed by atoms with Gasteiger partial charge in [-0.3, -0.25) is 9.69 Å². The Labute approximate surface area is 137 Å². The summed E-state index contributed by atoms with van der Waals surface area (Å²) in [5, 5.41) is 0. The number of aryl methyl sites for hydroxylation is 2. The van der Waals surface area contributed by atoms with Gasteiger partial charge in [-0.05, 0) is 44.2 Å². The summed E-state index contributed by atoms with van der Waals surface area (Å²) >= 11 is 0. The van der Waals surface area contributed by atoms with Gasteiger partial charge in [0.2, 0.25) is 5.91 Å². The average Bonchev–Trinajstić information content (AvgIpc) is 2.86. The van der Waals surface area contributed by atoms with Crippen molar-refractivity contribution in [2.75, 3.05) is 40.9 Å². The molecule has 6 heteroatoms. The summed E-state index contributed by atoms with van der Waals surface area (Å²) < 4.78 is 5.02. The lowest BCUT2D eigenvalue weighted by Gasteiger charge is -2.20. The molecule has 0 unspecified atom stereocenters. The van der Waals surface area contributed by atoms with Crippen molar-refractivity contribution >= 4 is 16.9 Å². The van der Waals surface area contributed by atoms with E-state index in [9.17, 15) is 4.79 Å².